The van der Waals surface area contributed by atoms with Crippen LogP contribution in [0, 0.1) is 0 Å². The molecule has 5 heteroatoms. The van der Waals surface area contributed by atoms with Gasteiger partial charge in [0.25, 0.3) is 0 Å². The third-order valence-corrected chi connectivity index (χ3v) is 3.07. The van der Waals surface area contributed by atoms with Gasteiger partial charge in [0.15, 0.2) is 0 Å². The Hall–Kier alpha value is -0.290. The lowest BCUT2D eigenvalue weighted by molar-refractivity contribution is -0.188. The lowest BCUT2D eigenvalue weighted by Crippen LogP contribution is -2.42. The number of ether oxygens (including phenoxy) is 1. The van der Waals surface area contributed by atoms with Gasteiger partial charge in [0.2, 0.25) is 0 Å². The average molecular weight is 253 g/mol. The standard InChI is InChI=1S/C12H22F3NO/c1-2-8-16-10-6-4-3-5-7-11(10)17-9-12(13,14)15/h10-11,16H,2-9H2,1H3. The summed E-state index contributed by atoms with van der Waals surface area (Å²) in [5.41, 5.74) is 0. The summed E-state index contributed by atoms with van der Waals surface area (Å²) in [6.07, 6.45) is 1.27. The normalized spacial score (nSPS) is 26.8. The second kappa shape index (κ2) is 7.21. The van der Waals surface area contributed by atoms with Crippen molar-refractivity contribution in [2.75, 3.05) is 13.2 Å². The highest BCUT2D eigenvalue weighted by Crippen LogP contribution is 2.23. The van der Waals surface area contributed by atoms with E-state index in [0.29, 0.717) is 0 Å². The van der Waals surface area contributed by atoms with Crippen LogP contribution >= 0.6 is 0 Å². The van der Waals surface area contributed by atoms with E-state index in [2.05, 4.69) is 12.2 Å². The van der Waals surface area contributed by atoms with Gasteiger partial charge >= 0.3 is 6.18 Å². The molecule has 0 radical (unpaired) electrons. The molecule has 2 nitrogen and oxygen atoms in total. The summed E-state index contributed by atoms with van der Waals surface area (Å²) in [5, 5.41) is 3.31. The SMILES string of the molecule is CCCNC1CCCCCC1OCC(F)(F)F. The molecule has 102 valence electrons. The average Bonchev–Trinajstić information content (AvgIpc) is 2.47. The van der Waals surface area contributed by atoms with E-state index in [1.807, 2.05) is 0 Å². The first-order valence-corrected chi connectivity index (χ1v) is 6.44. The molecule has 0 amide bonds. The van der Waals surface area contributed by atoms with E-state index in [-0.39, 0.29) is 12.1 Å². The Morgan fingerprint density at radius 1 is 1.18 bits per heavy atom. The molecule has 0 heterocycles. The van der Waals surface area contributed by atoms with Gasteiger partial charge in [0.1, 0.15) is 6.61 Å². The Morgan fingerprint density at radius 3 is 2.53 bits per heavy atom. The van der Waals surface area contributed by atoms with Crippen LogP contribution in [0.3, 0.4) is 0 Å². The molecule has 1 aliphatic carbocycles. The highest BCUT2D eigenvalue weighted by molar-refractivity contribution is 4.80. The van der Waals surface area contributed by atoms with Gasteiger partial charge in [0.05, 0.1) is 6.10 Å². The zero-order chi connectivity index (χ0) is 12.7. The van der Waals surface area contributed by atoms with Gasteiger partial charge in [-0.25, -0.2) is 0 Å². The molecule has 0 bridgehead atoms. The Balaban J connectivity index is 2.43. The maximum atomic E-state index is 12.1. The van der Waals surface area contributed by atoms with Gasteiger partial charge in [0, 0.05) is 6.04 Å². The molecule has 17 heavy (non-hydrogen) atoms. The topological polar surface area (TPSA) is 21.3 Å². The lowest BCUT2D eigenvalue weighted by Gasteiger charge is -2.26. The quantitative estimate of drug-likeness (QED) is 0.759. The summed E-state index contributed by atoms with van der Waals surface area (Å²) in [6.45, 7) is 1.77. The van der Waals surface area contributed by atoms with E-state index in [1.54, 1.807) is 0 Å². The molecule has 1 N–H and O–H groups in total. The molecule has 2 unspecified atom stereocenters. The molecule has 1 rings (SSSR count). The number of halogens is 3. The fourth-order valence-corrected chi connectivity index (χ4v) is 2.24. The predicted octanol–water partition coefficient (Wildman–Crippen LogP) is 3.27. The molecule has 0 aromatic rings. The molecule has 0 aliphatic heterocycles. The smallest absolute Gasteiger partial charge is 0.367 e. The summed E-state index contributed by atoms with van der Waals surface area (Å²) in [7, 11) is 0. The summed E-state index contributed by atoms with van der Waals surface area (Å²) in [5.74, 6) is 0. The van der Waals surface area contributed by atoms with Crippen LogP contribution in [0.1, 0.15) is 45.4 Å². The number of hydrogen-bond donors (Lipinski definition) is 1. The van der Waals surface area contributed by atoms with Crippen molar-refractivity contribution in [3.05, 3.63) is 0 Å². The van der Waals surface area contributed by atoms with Crippen LogP contribution in [0.15, 0.2) is 0 Å². The Kier molecular flexibility index (Phi) is 6.27. The number of rotatable bonds is 5. The van der Waals surface area contributed by atoms with Crippen molar-refractivity contribution >= 4 is 0 Å². The monoisotopic (exact) mass is 253 g/mol. The van der Waals surface area contributed by atoms with Gasteiger partial charge in [-0.1, -0.05) is 26.2 Å². The largest absolute Gasteiger partial charge is 0.411 e. The van der Waals surface area contributed by atoms with Crippen molar-refractivity contribution < 1.29 is 17.9 Å². The van der Waals surface area contributed by atoms with Gasteiger partial charge in [-0.2, -0.15) is 13.2 Å². The van der Waals surface area contributed by atoms with Crippen molar-refractivity contribution in [2.45, 2.75) is 63.8 Å². The van der Waals surface area contributed by atoms with Gasteiger partial charge in [-0.3, -0.25) is 0 Å². The third kappa shape index (κ3) is 6.27. The minimum absolute atomic E-state index is 0.0831. The molecule has 0 aromatic heterocycles. The molecule has 1 saturated carbocycles. The van der Waals surface area contributed by atoms with E-state index in [0.717, 1.165) is 45.1 Å². The first-order valence-electron chi connectivity index (χ1n) is 6.44. The van der Waals surface area contributed by atoms with Crippen LogP contribution in [0.25, 0.3) is 0 Å². The molecule has 1 fully saturated rings. The van der Waals surface area contributed by atoms with E-state index in [9.17, 15) is 13.2 Å². The number of hydrogen-bond acceptors (Lipinski definition) is 2. The first-order chi connectivity index (χ1) is 8.03. The van der Waals surface area contributed by atoms with E-state index in [1.165, 1.54) is 0 Å². The van der Waals surface area contributed by atoms with Crippen LogP contribution in [-0.4, -0.2) is 31.5 Å². The van der Waals surface area contributed by atoms with Gasteiger partial charge in [-0.05, 0) is 25.8 Å². The molecule has 2 atom stereocenters. The highest BCUT2D eigenvalue weighted by Gasteiger charge is 2.32. The van der Waals surface area contributed by atoms with E-state index in [4.69, 9.17) is 4.74 Å². The summed E-state index contributed by atoms with van der Waals surface area (Å²) >= 11 is 0. The molecule has 0 spiro atoms. The van der Waals surface area contributed by atoms with Crippen molar-refractivity contribution in [3.63, 3.8) is 0 Å². The van der Waals surface area contributed by atoms with E-state index < -0.39 is 12.8 Å². The van der Waals surface area contributed by atoms with Crippen molar-refractivity contribution in [3.8, 4) is 0 Å². The molecule has 0 aromatic carbocycles. The molecular formula is C12H22F3NO. The Labute approximate surface area is 101 Å². The van der Waals surface area contributed by atoms with Crippen LogP contribution < -0.4 is 5.32 Å². The highest BCUT2D eigenvalue weighted by atomic mass is 19.4. The molecule has 1 aliphatic rings. The van der Waals surface area contributed by atoms with Crippen LogP contribution in [0.5, 0.6) is 0 Å². The predicted molar refractivity (Wildman–Crippen MR) is 61.0 cm³/mol. The van der Waals surface area contributed by atoms with Crippen molar-refractivity contribution in [1.82, 2.24) is 5.32 Å². The lowest BCUT2D eigenvalue weighted by atomic mass is 10.1. The molecular weight excluding hydrogens is 231 g/mol. The van der Waals surface area contributed by atoms with Crippen LogP contribution in [0.4, 0.5) is 13.2 Å². The maximum absolute atomic E-state index is 12.1. The van der Waals surface area contributed by atoms with Crippen molar-refractivity contribution in [1.29, 1.82) is 0 Å². The minimum atomic E-state index is -4.22. The van der Waals surface area contributed by atoms with Gasteiger partial charge < -0.3 is 10.1 Å². The fourth-order valence-electron chi connectivity index (χ4n) is 2.24. The number of nitrogens with one attached hydrogen (secondary N) is 1. The fraction of sp³-hybridized carbons (Fsp3) is 1.00. The van der Waals surface area contributed by atoms with Crippen LogP contribution in [-0.2, 0) is 4.74 Å². The minimum Gasteiger partial charge on any atom is -0.367 e. The van der Waals surface area contributed by atoms with Gasteiger partial charge in [-0.15, -0.1) is 0 Å². The maximum Gasteiger partial charge on any atom is 0.411 e. The molecule has 0 saturated heterocycles. The van der Waals surface area contributed by atoms with Crippen LogP contribution in [0.2, 0.25) is 0 Å². The summed E-state index contributed by atoms with van der Waals surface area (Å²) < 4.78 is 41.5. The first kappa shape index (κ1) is 14.8. The summed E-state index contributed by atoms with van der Waals surface area (Å²) in [6, 6.07) is 0.0831. The number of alkyl halides is 3. The zero-order valence-electron chi connectivity index (χ0n) is 10.4. The summed E-state index contributed by atoms with van der Waals surface area (Å²) in [4.78, 5) is 0. The Bertz CT molecular complexity index is 208. The van der Waals surface area contributed by atoms with Crippen molar-refractivity contribution in [2.24, 2.45) is 0 Å². The second-order valence-electron chi connectivity index (χ2n) is 4.66. The third-order valence-electron chi connectivity index (χ3n) is 3.07. The second-order valence-corrected chi connectivity index (χ2v) is 4.66. The zero-order valence-corrected chi connectivity index (χ0v) is 10.4. The Morgan fingerprint density at radius 2 is 1.88 bits per heavy atom. The van der Waals surface area contributed by atoms with E-state index >= 15 is 0 Å².